The van der Waals surface area contributed by atoms with Gasteiger partial charge in [0, 0.05) is 19.5 Å². The SMILES string of the molecule is O=C(N[C@H](Cc1ccccc1)C(=O)O)C1CCCN(S(=O)(=O)c2ccccc2)C1. The normalized spacial score (nSPS) is 18.7. The van der Waals surface area contributed by atoms with Gasteiger partial charge in [0.25, 0.3) is 0 Å². The fourth-order valence-corrected chi connectivity index (χ4v) is 5.00. The van der Waals surface area contributed by atoms with E-state index in [2.05, 4.69) is 5.32 Å². The fourth-order valence-electron chi connectivity index (χ4n) is 3.46. The lowest BCUT2D eigenvalue weighted by Gasteiger charge is -2.31. The Balaban J connectivity index is 1.68. The Labute approximate surface area is 170 Å². The molecule has 1 aliphatic rings. The van der Waals surface area contributed by atoms with Gasteiger partial charge >= 0.3 is 5.97 Å². The number of hydrogen-bond acceptors (Lipinski definition) is 4. The zero-order valence-electron chi connectivity index (χ0n) is 15.9. The molecule has 1 aliphatic heterocycles. The monoisotopic (exact) mass is 416 g/mol. The van der Waals surface area contributed by atoms with E-state index in [1.54, 1.807) is 30.3 Å². The molecule has 1 saturated heterocycles. The van der Waals surface area contributed by atoms with Gasteiger partial charge in [-0.3, -0.25) is 4.79 Å². The highest BCUT2D eigenvalue weighted by Crippen LogP contribution is 2.24. The lowest BCUT2D eigenvalue weighted by atomic mass is 9.97. The Morgan fingerprint density at radius 2 is 1.69 bits per heavy atom. The summed E-state index contributed by atoms with van der Waals surface area (Å²) in [6, 6.07) is 16.1. The first-order chi connectivity index (χ1) is 13.9. The number of aliphatic carboxylic acids is 1. The second-order valence-corrected chi connectivity index (χ2v) is 9.04. The molecule has 0 aromatic heterocycles. The van der Waals surface area contributed by atoms with E-state index < -0.39 is 33.9 Å². The molecule has 0 spiro atoms. The zero-order chi connectivity index (χ0) is 20.9. The van der Waals surface area contributed by atoms with E-state index in [9.17, 15) is 23.1 Å². The number of carbonyl (C=O) groups excluding carboxylic acids is 1. The number of piperidine rings is 1. The van der Waals surface area contributed by atoms with Crippen molar-refractivity contribution >= 4 is 21.9 Å². The van der Waals surface area contributed by atoms with Gasteiger partial charge in [0.05, 0.1) is 10.8 Å². The average Bonchev–Trinajstić information content (AvgIpc) is 2.74. The molecule has 0 saturated carbocycles. The van der Waals surface area contributed by atoms with Crippen LogP contribution in [0.5, 0.6) is 0 Å². The fraction of sp³-hybridized carbons (Fsp3) is 0.333. The van der Waals surface area contributed by atoms with Crippen LogP contribution in [0.1, 0.15) is 18.4 Å². The molecule has 0 radical (unpaired) electrons. The quantitative estimate of drug-likeness (QED) is 0.717. The topological polar surface area (TPSA) is 104 Å². The highest BCUT2D eigenvalue weighted by atomic mass is 32.2. The molecule has 154 valence electrons. The largest absolute Gasteiger partial charge is 0.480 e. The van der Waals surface area contributed by atoms with Crippen LogP contribution in [0.15, 0.2) is 65.6 Å². The third kappa shape index (κ3) is 5.21. The van der Waals surface area contributed by atoms with E-state index in [0.29, 0.717) is 19.4 Å². The summed E-state index contributed by atoms with van der Waals surface area (Å²) in [5.74, 6) is -2.13. The molecule has 2 atom stereocenters. The third-order valence-corrected chi connectivity index (χ3v) is 6.91. The Morgan fingerprint density at radius 1 is 1.07 bits per heavy atom. The molecule has 29 heavy (non-hydrogen) atoms. The maximum absolute atomic E-state index is 12.8. The molecule has 1 amide bonds. The number of nitrogens with zero attached hydrogens (tertiary/aromatic N) is 1. The Kier molecular flexibility index (Phi) is 6.66. The van der Waals surface area contributed by atoms with Crippen LogP contribution in [-0.2, 0) is 26.0 Å². The average molecular weight is 416 g/mol. The van der Waals surface area contributed by atoms with Gasteiger partial charge in [-0.2, -0.15) is 4.31 Å². The second-order valence-electron chi connectivity index (χ2n) is 7.10. The standard InChI is InChI=1S/C21H24N2O5S/c24-20(22-19(21(25)26)14-16-8-3-1-4-9-16)17-10-7-13-23(15-17)29(27,28)18-11-5-2-6-12-18/h1-6,8-9,11-12,17,19H,7,10,13-15H2,(H,22,24)(H,25,26)/t17?,19-/m1/s1. The van der Waals surface area contributed by atoms with Crippen molar-refractivity contribution in [1.29, 1.82) is 0 Å². The molecule has 1 fully saturated rings. The van der Waals surface area contributed by atoms with E-state index >= 15 is 0 Å². The van der Waals surface area contributed by atoms with Gasteiger partial charge < -0.3 is 10.4 Å². The van der Waals surface area contributed by atoms with Crippen molar-refractivity contribution in [2.45, 2.75) is 30.2 Å². The molecule has 7 nitrogen and oxygen atoms in total. The van der Waals surface area contributed by atoms with Gasteiger partial charge in [0.1, 0.15) is 6.04 Å². The van der Waals surface area contributed by atoms with Crippen LogP contribution in [0.3, 0.4) is 0 Å². The Hall–Kier alpha value is -2.71. The lowest BCUT2D eigenvalue weighted by Crippen LogP contribution is -2.50. The summed E-state index contributed by atoms with van der Waals surface area (Å²) in [6.45, 7) is 0.383. The van der Waals surface area contributed by atoms with Crippen molar-refractivity contribution in [3.63, 3.8) is 0 Å². The summed E-state index contributed by atoms with van der Waals surface area (Å²) in [5.41, 5.74) is 0.803. The van der Waals surface area contributed by atoms with Crippen molar-refractivity contribution in [1.82, 2.24) is 9.62 Å². The summed E-state index contributed by atoms with van der Waals surface area (Å²) in [6.07, 6.45) is 1.23. The van der Waals surface area contributed by atoms with Crippen molar-refractivity contribution < 1.29 is 23.1 Å². The number of hydrogen-bond donors (Lipinski definition) is 2. The van der Waals surface area contributed by atoms with Crippen LogP contribution in [0.4, 0.5) is 0 Å². The summed E-state index contributed by atoms with van der Waals surface area (Å²) in [5, 5.41) is 12.1. The van der Waals surface area contributed by atoms with Crippen LogP contribution in [0.2, 0.25) is 0 Å². The smallest absolute Gasteiger partial charge is 0.326 e. The molecule has 3 rings (SSSR count). The summed E-state index contributed by atoms with van der Waals surface area (Å²) in [7, 11) is -3.68. The first kappa shape index (κ1) is 21.0. The van der Waals surface area contributed by atoms with Crippen LogP contribution in [-0.4, -0.2) is 48.8 Å². The summed E-state index contributed by atoms with van der Waals surface area (Å²) < 4.78 is 27.0. The Morgan fingerprint density at radius 3 is 2.31 bits per heavy atom. The molecule has 0 aliphatic carbocycles. The van der Waals surface area contributed by atoms with Crippen molar-refractivity contribution in [2.24, 2.45) is 5.92 Å². The van der Waals surface area contributed by atoms with Gasteiger partial charge in [0.15, 0.2) is 0 Å². The van der Waals surface area contributed by atoms with Crippen molar-refractivity contribution in [3.05, 3.63) is 66.2 Å². The highest BCUT2D eigenvalue weighted by Gasteiger charge is 2.34. The first-order valence-corrected chi connectivity index (χ1v) is 10.9. The maximum atomic E-state index is 12.8. The van der Waals surface area contributed by atoms with Gasteiger partial charge in [-0.1, -0.05) is 48.5 Å². The molecule has 2 N–H and O–H groups in total. The van der Waals surface area contributed by atoms with Crippen molar-refractivity contribution in [2.75, 3.05) is 13.1 Å². The number of benzene rings is 2. The van der Waals surface area contributed by atoms with Crippen LogP contribution in [0, 0.1) is 5.92 Å². The van der Waals surface area contributed by atoms with Gasteiger partial charge in [-0.25, -0.2) is 13.2 Å². The van der Waals surface area contributed by atoms with E-state index in [0.717, 1.165) is 5.56 Å². The predicted octanol–water partition coefficient (Wildman–Crippen LogP) is 1.90. The second kappa shape index (κ2) is 9.19. The molecule has 0 bridgehead atoms. The third-order valence-electron chi connectivity index (χ3n) is 5.03. The number of carbonyl (C=O) groups is 2. The molecule has 2 aromatic rings. The molecule has 1 unspecified atom stereocenters. The highest BCUT2D eigenvalue weighted by molar-refractivity contribution is 7.89. The number of nitrogens with one attached hydrogen (secondary N) is 1. The van der Waals surface area contributed by atoms with Crippen molar-refractivity contribution in [3.8, 4) is 0 Å². The zero-order valence-corrected chi connectivity index (χ0v) is 16.7. The van der Waals surface area contributed by atoms with Gasteiger partial charge in [0.2, 0.25) is 15.9 Å². The molecule has 1 heterocycles. The van der Waals surface area contributed by atoms with Crippen LogP contribution >= 0.6 is 0 Å². The van der Waals surface area contributed by atoms with Crippen LogP contribution in [0.25, 0.3) is 0 Å². The minimum atomic E-state index is -3.68. The first-order valence-electron chi connectivity index (χ1n) is 9.50. The van der Waals surface area contributed by atoms with Gasteiger partial charge in [-0.15, -0.1) is 0 Å². The maximum Gasteiger partial charge on any atom is 0.326 e. The number of carboxylic acids is 1. The van der Waals surface area contributed by atoms with E-state index in [-0.39, 0.29) is 17.9 Å². The number of sulfonamides is 1. The summed E-state index contributed by atoms with van der Waals surface area (Å²) in [4.78, 5) is 24.5. The Bertz CT molecular complexity index is 948. The van der Waals surface area contributed by atoms with Gasteiger partial charge in [-0.05, 0) is 30.5 Å². The van der Waals surface area contributed by atoms with E-state index in [1.165, 1.54) is 16.4 Å². The molecule has 2 aromatic carbocycles. The van der Waals surface area contributed by atoms with Crippen LogP contribution < -0.4 is 5.32 Å². The lowest BCUT2D eigenvalue weighted by molar-refractivity contribution is -0.142. The predicted molar refractivity (Wildman–Crippen MR) is 108 cm³/mol. The minimum absolute atomic E-state index is 0.0424. The minimum Gasteiger partial charge on any atom is -0.480 e. The van der Waals surface area contributed by atoms with E-state index in [1.807, 2.05) is 18.2 Å². The number of rotatable bonds is 7. The number of amides is 1. The summed E-state index contributed by atoms with van der Waals surface area (Å²) >= 11 is 0. The number of carboxylic acid groups (broad SMARTS) is 1. The molecular weight excluding hydrogens is 392 g/mol. The molecule has 8 heteroatoms. The van der Waals surface area contributed by atoms with E-state index in [4.69, 9.17) is 0 Å². The molecular formula is C21H24N2O5S.